The smallest absolute Gasteiger partial charge is 0.0794 e. The summed E-state index contributed by atoms with van der Waals surface area (Å²) in [5.41, 5.74) is 8.25. The Labute approximate surface area is 114 Å². The van der Waals surface area contributed by atoms with Crippen LogP contribution < -0.4 is 5.73 Å². The lowest BCUT2D eigenvalue weighted by atomic mass is 9.82. The molecule has 2 atom stereocenters. The summed E-state index contributed by atoms with van der Waals surface area (Å²) < 4.78 is 5.95. The highest BCUT2D eigenvalue weighted by Gasteiger charge is 2.29. The lowest BCUT2D eigenvalue weighted by Gasteiger charge is -2.33. The summed E-state index contributed by atoms with van der Waals surface area (Å²) in [6, 6.07) is 0.105. The van der Waals surface area contributed by atoms with Crippen LogP contribution in [0.4, 0.5) is 0 Å². The first-order valence-electron chi connectivity index (χ1n) is 7.05. The Morgan fingerprint density at radius 2 is 2.22 bits per heavy atom. The SMILES string of the molecule is CCOC(C(N)Cc1cncs1)C1CCCCC1. The topological polar surface area (TPSA) is 48.1 Å². The number of rotatable bonds is 6. The minimum Gasteiger partial charge on any atom is -0.377 e. The van der Waals surface area contributed by atoms with Gasteiger partial charge in [0.1, 0.15) is 0 Å². The number of hydrogen-bond acceptors (Lipinski definition) is 4. The second-order valence-corrected chi connectivity index (χ2v) is 6.12. The van der Waals surface area contributed by atoms with Gasteiger partial charge >= 0.3 is 0 Å². The van der Waals surface area contributed by atoms with Crippen LogP contribution in [0.3, 0.4) is 0 Å². The van der Waals surface area contributed by atoms with Crippen molar-refractivity contribution in [3.05, 3.63) is 16.6 Å². The van der Waals surface area contributed by atoms with E-state index in [9.17, 15) is 0 Å². The maximum Gasteiger partial charge on any atom is 0.0794 e. The molecule has 0 radical (unpaired) electrons. The normalized spacial score (nSPS) is 20.8. The molecule has 1 aromatic heterocycles. The van der Waals surface area contributed by atoms with E-state index in [1.54, 1.807) is 11.3 Å². The second-order valence-electron chi connectivity index (χ2n) is 5.15. The molecule has 0 bridgehead atoms. The molecule has 2 unspecified atom stereocenters. The molecule has 3 nitrogen and oxygen atoms in total. The van der Waals surface area contributed by atoms with Crippen molar-refractivity contribution in [3.8, 4) is 0 Å². The van der Waals surface area contributed by atoms with E-state index < -0.39 is 0 Å². The van der Waals surface area contributed by atoms with E-state index >= 15 is 0 Å². The molecule has 0 aromatic carbocycles. The van der Waals surface area contributed by atoms with E-state index in [1.807, 2.05) is 11.7 Å². The molecule has 102 valence electrons. The van der Waals surface area contributed by atoms with Gasteiger partial charge < -0.3 is 10.5 Å². The summed E-state index contributed by atoms with van der Waals surface area (Å²) in [5.74, 6) is 0.654. The zero-order chi connectivity index (χ0) is 12.8. The van der Waals surface area contributed by atoms with Crippen LogP contribution in [0.25, 0.3) is 0 Å². The average molecular weight is 268 g/mol. The van der Waals surface area contributed by atoms with Crippen molar-refractivity contribution < 1.29 is 4.74 Å². The fraction of sp³-hybridized carbons (Fsp3) is 0.786. The zero-order valence-electron chi connectivity index (χ0n) is 11.2. The third-order valence-electron chi connectivity index (χ3n) is 3.82. The summed E-state index contributed by atoms with van der Waals surface area (Å²) in [7, 11) is 0. The highest BCUT2D eigenvalue weighted by atomic mass is 32.1. The number of aromatic nitrogens is 1. The van der Waals surface area contributed by atoms with Crippen molar-refractivity contribution in [2.24, 2.45) is 11.7 Å². The van der Waals surface area contributed by atoms with Gasteiger partial charge in [0.25, 0.3) is 0 Å². The van der Waals surface area contributed by atoms with Crippen LogP contribution >= 0.6 is 11.3 Å². The minimum atomic E-state index is 0.105. The molecule has 1 aromatic rings. The van der Waals surface area contributed by atoms with E-state index in [0.717, 1.165) is 13.0 Å². The maximum absolute atomic E-state index is 6.38. The number of nitrogens with two attached hydrogens (primary N) is 1. The Kier molecular flexibility index (Phi) is 5.60. The van der Waals surface area contributed by atoms with Crippen LogP contribution in [-0.4, -0.2) is 23.7 Å². The quantitative estimate of drug-likeness (QED) is 0.863. The third-order valence-corrected chi connectivity index (χ3v) is 4.62. The maximum atomic E-state index is 6.38. The number of ether oxygens (including phenoxy) is 1. The van der Waals surface area contributed by atoms with Crippen LogP contribution in [0.15, 0.2) is 11.7 Å². The number of thiazole rings is 1. The van der Waals surface area contributed by atoms with Gasteiger partial charge in [-0.2, -0.15) is 0 Å². The summed E-state index contributed by atoms with van der Waals surface area (Å²) in [6.07, 6.45) is 9.64. The van der Waals surface area contributed by atoms with Gasteiger partial charge in [-0.3, -0.25) is 4.98 Å². The molecule has 4 heteroatoms. The largest absolute Gasteiger partial charge is 0.377 e. The van der Waals surface area contributed by atoms with E-state index in [1.165, 1.54) is 37.0 Å². The first-order chi connectivity index (χ1) is 8.81. The van der Waals surface area contributed by atoms with Crippen molar-refractivity contribution in [1.29, 1.82) is 0 Å². The highest BCUT2D eigenvalue weighted by molar-refractivity contribution is 7.09. The van der Waals surface area contributed by atoms with Crippen LogP contribution in [0.1, 0.15) is 43.9 Å². The molecule has 1 saturated carbocycles. The summed E-state index contributed by atoms with van der Waals surface area (Å²) in [4.78, 5) is 5.38. The molecular weight excluding hydrogens is 244 g/mol. The molecule has 2 rings (SSSR count). The van der Waals surface area contributed by atoms with Crippen molar-refractivity contribution >= 4 is 11.3 Å². The Morgan fingerprint density at radius 1 is 1.44 bits per heavy atom. The first-order valence-corrected chi connectivity index (χ1v) is 7.93. The van der Waals surface area contributed by atoms with Gasteiger partial charge in [0.15, 0.2) is 0 Å². The van der Waals surface area contributed by atoms with E-state index in [4.69, 9.17) is 10.5 Å². The van der Waals surface area contributed by atoms with Gasteiger partial charge in [0.05, 0.1) is 11.6 Å². The Bertz CT molecular complexity index is 323. The number of hydrogen-bond donors (Lipinski definition) is 1. The molecule has 0 spiro atoms. The van der Waals surface area contributed by atoms with Crippen molar-refractivity contribution in [3.63, 3.8) is 0 Å². The van der Waals surface area contributed by atoms with Crippen molar-refractivity contribution in [1.82, 2.24) is 4.98 Å². The molecule has 0 aliphatic heterocycles. The predicted octanol–water partition coefficient (Wildman–Crippen LogP) is 3.00. The molecule has 1 aliphatic carbocycles. The molecule has 18 heavy (non-hydrogen) atoms. The van der Waals surface area contributed by atoms with Crippen LogP contribution in [0.2, 0.25) is 0 Å². The third kappa shape index (κ3) is 3.77. The Morgan fingerprint density at radius 3 is 2.83 bits per heavy atom. The van der Waals surface area contributed by atoms with Crippen LogP contribution in [0.5, 0.6) is 0 Å². The summed E-state index contributed by atoms with van der Waals surface area (Å²) in [6.45, 7) is 2.83. The van der Waals surface area contributed by atoms with Gasteiger partial charge in [-0.25, -0.2) is 0 Å². The van der Waals surface area contributed by atoms with Gasteiger partial charge in [0.2, 0.25) is 0 Å². The molecule has 2 N–H and O–H groups in total. The molecule has 1 heterocycles. The summed E-state index contributed by atoms with van der Waals surface area (Å²) >= 11 is 1.69. The van der Waals surface area contributed by atoms with E-state index in [2.05, 4.69) is 11.9 Å². The molecule has 0 saturated heterocycles. The van der Waals surface area contributed by atoms with Gasteiger partial charge in [-0.05, 0) is 25.7 Å². The summed E-state index contributed by atoms with van der Waals surface area (Å²) in [5, 5.41) is 0. The highest BCUT2D eigenvalue weighted by Crippen LogP contribution is 2.30. The second kappa shape index (κ2) is 7.22. The first kappa shape index (κ1) is 14.0. The lowest BCUT2D eigenvalue weighted by molar-refractivity contribution is -0.00898. The van der Waals surface area contributed by atoms with Crippen molar-refractivity contribution in [2.45, 2.75) is 57.6 Å². The molecule has 1 aliphatic rings. The minimum absolute atomic E-state index is 0.105. The van der Waals surface area contributed by atoms with Crippen LogP contribution in [-0.2, 0) is 11.2 Å². The predicted molar refractivity (Wildman–Crippen MR) is 75.8 cm³/mol. The van der Waals surface area contributed by atoms with Crippen LogP contribution in [0, 0.1) is 5.92 Å². The monoisotopic (exact) mass is 268 g/mol. The van der Waals surface area contributed by atoms with E-state index in [0.29, 0.717) is 5.92 Å². The fourth-order valence-corrected chi connectivity index (χ4v) is 3.62. The fourth-order valence-electron chi connectivity index (χ4n) is 2.96. The standard InChI is InChI=1S/C14H24N2OS/c1-2-17-14(11-6-4-3-5-7-11)13(15)8-12-9-16-10-18-12/h9-11,13-14H,2-8,15H2,1H3. The molecule has 0 amide bonds. The van der Waals surface area contributed by atoms with Gasteiger partial charge in [-0.15, -0.1) is 11.3 Å². The molecule has 1 fully saturated rings. The average Bonchev–Trinajstić information content (AvgIpc) is 2.89. The number of nitrogens with zero attached hydrogens (tertiary/aromatic N) is 1. The molecular formula is C14H24N2OS. The Hall–Kier alpha value is -0.450. The lowest BCUT2D eigenvalue weighted by Crippen LogP contribution is -2.44. The zero-order valence-corrected chi connectivity index (χ0v) is 12.0. The van der Waals surface area contributed by atoms with Gasteiger partial charge in [-0.1, -0.05) is 19.3 Å². The van der Waals surface area contributed by atoms with Crippen molar-refractivity contribution in [2.75, 3.05) is 6.61 Å². The van der Waals surface area contributed by atoms with E-state index in [-0.39, 0.29) is 12.1 Å². The Balaban J connectivity index is 1.94. The van der Waals surface area contributed by atoms with Gasteiger partial charge in [0, 0.05) is 30.1 Å².